The van der Waals surface area contributed by atoms with Crippen LogP contribution in [0.1, 0.15) is 29.6 Å². The summed E-state index contributed by atoms with van der Waals surface area (Å²) in [6.45, 7) is 1.77. The average molecular weight is 249 g/mol. The molecule has 0 aliphatic carbocycles. The molecule has 1 atom stereocenters. The monoisotopic (exact) mass is 249 g/mol. The Morgan fingerprint density at radius 3 is 3.28 bits per heavy atom. The molecule has 0 aromatic carbocycles. The summed E-state index contributed by atoms with van der Waals surface area (Å²) in [7, 11) is 1.52. The highest BCUT2D eigenvalue weighted by Crippen LogP contribution is 2.13. The number of hydrogen-bond donors (Lipinski definition) is 2. The number of aromatic nitrogens is 1. The fraction of sp³-hybridized carbons (Fsp3) is 0.538. The van der Waals surface area contributed by atoms with Crippen LogP contribution in [0.5, 0.6) is 5.88 Å². The van der Waals surface area contributed by atoms with Crippen LogP contribution in [0.3, 0.4) is 0 Å². The summed E-state index contributed by atoms with van der Waals surface area (Å²) in [5, 5.41) is 6.31. The highest BCUT2D eigenvalue weighted by atomic mass is 16.5. The van der Waals surface area contributed by atoms with Gasteiger partial charge in [0.1, 0.15) is 5.56 Å². The summed E-state index contributed by atoms with van der Waals surface area (Å²) in [5.41, 5.74) is 0.486. The van der Waals surface area contributed by atoms with E-state index in [0.29, 0.717) is 24.0 Å². The molecule has 18 heavy (non-hydrogen) atoms. The van der Waals surface area contributed by atoms with E-state index in [0.717, 1.165) is 13.0 Å². The maximum atomic E-state index is 11.9. The van der Waals surface area contributed by atoms with Gasteiger partial charge >= 0.3 is 0 Å². The third-order valence-corrected chi connectivity index (χ3v) is 3.15. The summed E-state index contributed by atoms with van der Waals surface area (Å²) >= 11 is 0. The third kappa shape index (κ3) is 3.20. The molecule has 0 saturated carbocycles. The fourth-order valence-electron chi connectivity index (χ4n) is 2.18. The Bertz CT molecular complexity index is 403. The van der Waals surface area contributed by atoms with Gasteiger partial charge in [-0.05, 0) is 37.9 Å². The molecule has 1 amide bonds. The van der Waals surface area contributed by atoms with Crippen LogP contribution >= 0.6 is 0 Å². The number of carbonyl (C=O) groups is 1. The second-order valence-corrected chi connectivity index (χ2v) is 4.40. The smallest absolute Gasteiger partial charge is 0.256 e. The molecule has 5 heteroatoms. The number of nitrogens with zero attached hydrogens (tertiary/aromatic N) is 1. The Hall–Kier alpha value is -1.62. The molecule has 2 heterocycles. The van der Waals surface area contributed by atoms with E-state index in [9.17, 15) is 4.79 Å². The van der Waals surface area contributed by atoms with Crippen LogP contribution in [0.25, 0.3) is 0 Å². The van der Waals surface area contributed by atoms with Gasteiger partial charge in [0.05, 0.1) is 7.11 Å². The van der Waals surface area contributed by atoms with Crippen LogP contribution in [-0.2, 0) is 0 Å². The van der Waals surface area contributed by atoms with E-state index in [1.54, 1.807) is 18.3 Å². The van der Waals surface area contributed by atoms with Gasteiger partial charge in [-0.15, -0.1) is 0 Å². The molecule has 2 rings (SSSR count). The van der Waals surface area contributed by atoms with Gasteiger partial charge in [0.2, 0.25) is 5.88 Å². The molecular formula is C13H19N3O2. The number of amides is 1. The van der Waals surface area contributed by atoms with Crippen molar-refractivity contribution in [2.24, 2.45) is 0 Å². The minimum Gasteiger partial charge on any atom is -0.480 e. The third-order valence-electron chi connectivity index (χ3n) is 3.15. The summed E-state index contributed by atoms with van der Waals surface area (Å²) in [6.07, 6.45) is 5.01. The number of methoxy groups -OCH3 is 1. The zero-order chi connectivity index (χ0) is 12.8. The van der Waals surface area contributed by atoms with E-state index in [1.807, 2.05) is 0 Å². The lowest BCUT2D eigenvalue weighted by molar-refractivity contribution is 0.0948. The van der Waals surface area contributed by atoms with Crippen LogP contribution in [0.4, 0.5) is 0 Å². The molecule has 5 nitrogen and oxygen atoms in total. The quantitative estimate of drug-likeness (QED) is 0.816. The van der Waals surface area contributed by atoms with Crippen LogP contribution in [0, 0.1) is 0 Å². The summed E-state index contributed by atoms with van der Waals surface area (Å²) in [4.78, 5) is 16.0. The average Bonchev–Trinajstić information content (AvgIpc) is 2.91. The van der Waals surface area contributed by atoms with Gasteiger partial charge in [-0.3, -0.25) is 4.79 Å². The number of ether oxygens (including phenoxy) is 1. The number of rotatable bonds is 5. The molecule has 98 valence electrons. The normalized spacial score (nSPS) is 18.6. The number of pyridine rings is 1. The van der Waals surface area contributed by atoms with E-state index in [2.05, 4.69) is 15.6 Å². The van der Waals surface area contributed by atoms with Crippen molar-refractivity contribution in [1.82, 2.24) is 15.6 Å². The molecule has 2 N–H and O–H groups in total. The first kappa shape index (κ1) is 12.8. The number of nitrogens with one attached hydrogen (secondary N) is 2. The van der Waals surface area contributed by atoms with Crippen molar-refractivity contribution in [3.05, 3.63) is 23.9 Å². The molecule has 1 saturated heterocycles. The Labute approximate surface area is 107 Å². The molecule has 0 radical (unpaired) electrons. The topological polar surface area (TPSA) is 63.2 Å². The molecule has 0 bridgehead atoms. The van der Waals surface area contributed by atoms with Crippen molar-refractivity contribution in [2.45, 2.75) is 25.3 Å². The van der Waals surface area contributed by atoms with Gasteiger partial charge in [0.15, 0.2) is 0 Å². The highest BCUT2D eigenvalue weighted by Gasteiger charge is 2.15. The molecule has 1 aliphatic heterocycles. The number of hydrogen-bond acceptors (Lipinski definition) is 4. The molecule has 1 aromatic rings. The largest absolute Gasteiger partial charge is 0.480 e. The summed E-state index contributed by atoms with van der Waals surface area (Å²) in [5.74, 6) is 0.243. The van der Waals surface area contributed by atoms with Gasteiger partial charge in [0.25, 0.3) is 5.91 Å². The van der Waals surface area contributed by atoms with E-state index >= 15 is 0 Å². The Morgan fingerprint density at radius 2 is 2.56 bits per heavy atom. The van der Waals surface area contributed by atoms with Crippen molar-refractivity contribution in [3.8, 4) is 5.88 Å². The standard InChI is InChI=1S/C13H19N3O2/c1-18-13-11(5-3-8-16-13)12(17)15-9-6-10-4-2-7-14-10/h3,5,8,10,14H,2,4,6-7,9H2,1H3,(H,15,17)/t10-/m0/s1. The zero-order valence-corrected chi connectivity index (χ0v) is 10.6. The molecule has 1 fully saturated rings. The molecule has 0 unspecified atom stereocenters. The van der Waals surface area contributed by atoms with E-state index < -0.39 is 0 Å². The van der Waals surface area contributed by atoms with Crippen molar-refractivity contribution in [1.29, 1.82) is 0 Å². The van der Waals surface area contributed by atoms with E-state index in [1.165, 1.54) is 20.0 Å². The maximum absolute atomic E-state index is 11.9. The van der Waals surface area contributed by atoms with Crippen molar-refractivity contribution >= 4 is 5.91 Å². The minimum absolute atomic E-state index is 0.127. The predicted molar refractivity (Wildman–Crippen MR) is 68.8 cm³/mol. The van der Waals surface area contributed by atoms with Crippen LogP contribution in [0.2, 0.25) is 0 Å². The van der Waals surface area contributed by atoms with E-state index in [4.69, 9.17) is 4.74 Å². The highest BCUT2D eigenvalue weighted by molar-refractivity contribution is 5.96. The second kappa shape index (κ2) is 6.35. The first-order valence-electron chi connectivity index (χ1n) is 6.32. The minimum atomic E-state index is -0.127. The van der Waals surface area contributed by atoms with Gasteiger partial charge in [-0.25, -0.2) is 4.98 Å². The summed E-state index contributed by atoms with van der Waals surface area (Å²) in [6, 6.07) is 3.99. The Kier molecular flexibility index (Phi) is 4.52. The molecule has 1 aliphatic rings. The fourth-order valence-corrected chi connectivity index (χ4v) is 2.18. The lowest BCUT2D eigenvalue weighted by Gasteiger charge is -2.11. The van der Waals surface area contributed by atoms with Crippen molar-refractivity contribution in [3.63, 3.8) is 0 Å². The number of carbonyl (C=O) groups excluding carboxylic acids is 1. The summed E-state index contributed by atoms with van der Waals surface area (Å²) < 4.78 is 5.06. The van der Waals surface area contributed by atoms with Gasteiger partial charge in [-0.1, -0.05) is 0 Å². The molecular weight excluding hydrogens is 230 g/mol. The van der Waals surface area contributed by atoms with Crippen LogP contribution in [-0.4, -0.2) is 37.1 Å². The van der Waals surface area contributed by atoms with Crippen LogP contribution < -0.4 is 15.4 Å². The SMILES string of the molecule is COc1ncccc1C(=O)NCC[C@@H]1CCCN1. The second-order valence-electron chi connectivity index (χ2n) is 4.40. The Balaban J connectivity index is 1.83. The van der Waals surface area contributed by atoms with Crippen LogP contribution in [0.15, 0.2) is 18.3 Å². The maximum Gasteiger partial charge on any atom is 0.256 e. The van der Waals surface area contributed by atoms with E-state index in [-0.39, 0.29) is 5.91 Å². The molecule has 0 spiro atoms. The van der Waals surface area contributed by atoms with Gasteiger partial charge < -0.3 is 15.4 Å². The lowest BCUT2D eigenvalue weighted by Crippen LogP contribution is -2.30. The van der Waals surface area contributed by atoms with Gasteiger partial charge in [0, 0.05) is 18.8 Å². The Morgan fingerprint density at radius 1 is 1.67 bits per heavy atom. The molecule has 1 aromatic heterocycles. The zero-order valence-electron chi connectivity index (χ0n) is 10.6. The first-order valence-corrected chi connectivity index (χ1v) is 6.32. The lowest BCUT2D eigenvalue weighted by atomic mass is 10.1. The first-order chi connectivity index (χ1) is 8.81. The van der Waals surface area contributed by atoms with Crippen molar-refractivity contribution < 1.29 is 9.53 Å². The van der Waals surface area contributed by atoms with Crippen molar-refractivity contribution in [2.75, 3.05) is 20.2 Å². The predicted octanol–water partition coefficient (Wildman–Crippen LogP) is 0.962. The van der Waals surface area contributed by atoms with Gasteiger partial charge in [-0.2, -0.15) is 0 Å².